The van der Waals surface area contributed by atoms with E-state index in [9.17, 15) is 19.0 Å². The lowest BCUT2D eigenvalue weighted by molar-refractivity contribution is -0.870. The van der Waals surface area contributed by atoms with Crippen molar-refractivity contribution in [2.45, 2.75) is 277 Å². The number of nitrogens with zero attached hydrogens (tertiary/aromatic N) is 1. The van der Waals surface area contributed by atoms with Crippen LogP contribution in [0.15, 0.2) is 122 Å². The summed E-state index contributed by atoms with van der Waals surface area (Å²) in [5.74, 6) is -0.853. The van der Waals surface area contributed by atoms with Crippen LogP contribution in [-0.2, 0) is 32.7 Å². The Kier molecular flexibility index (Phi) is 59.2. The van der Waals surface area contributed by atoms with Crippen molar-refractivity contribution in [3.63, 3.8) is 0 Å². The molecule has 0 aliphatic heterocycles. The third-order valence-electron chi connectivity index (χ3n) is 14.0. The number of carbonyl (C=O) groups excluding carboxylic acids is 2. The highest BCUT2D eigenvalue weighted by Crippen LogP contribution is 2.38. The van der Waals surface area contributed by atoms with Gasteiger partial charge in [0.25, 0.3) is 7.82 Å². The van der Waals surface area contributed by atoms with Gasteiger partial charge in [0.1, 0.15) is 19.8 Å². The maximum absolute atomic E-state index is 12.8. The first-order chi connectivity index (χ1) is 40.0. The van der Waals surface area contributed by atoms with E-state index in [-0.39, 0.29) is 26.1 Å². The van der Waals surface area contributed by atoms with E-state index < -0.39 is 32.5 Å². The zero-order chi connectivity index (χ0) is 59.8. The molecule has 0 rings (SSSR count). The Morgan fingerprint density at radius 3 is 0.976 bits per heavy atom. The van der Waals surface area contributed by atoms with Gasteiger partial charge in [-0.15, -0.1) is 0 Å². The van der Waals surface area contributed by atoms with Gasteiger partial charge < -0.3 is 27.9 Å². The van der Waals surface area contributed by atoms with Gasteiger partial charge in [0.05, 0.1) is 27.7 Å². The number of rotatable bonds is 60. The molecule has 0 aromatic rings. The largest absolute Gasteiger partial charge is 0.756 e. The van der Waals surface area contributed by atoms with Crippen LogP contribution in [0.1, 0.15) is 271 Å². The number of phosphoric ester groups is 1. The summed E-state index contributed by atoms with van der Waals surface area (Å²) in [5.41, 5.74) is 0. The molecule has 0 saturated carbocycles. The minimum Gasteiger partial charge on any atom is -0.756 e. The Labute approximate surface area is 505 Å². The Hall–Kier alpha value is -3.59. The average molecular weight is 1160 g/mol. The van der Waals surface area contributed by atoms with Crippen molar-refractivity contribution in [3.05, 3.63) is 122 Å². The van der Waals surface area contributed by atoms with Crippen LogP contribution in [0.4, 0.5) is 0 Å². The second kappa shape index (κ2) is 62.0. The minimum atomic E-state index is -4.65. The second-order valence-electron chi connectivity index (χ2n) is 23.1. The molecule has 2 atom stereocenters. The van der Waals surface area contributed by atoms with Crippen LogP contribution in [0, 0.1) is 0 Å². The molecule has 0 amide bonds. The average Bonchev–Trinajstić information content (AvgIpc) is 3.46. The number of ether oxygens (including phenoxy) is 2. The first kappa shape index (κ1) is 78.4. The van der Waals surface area contributed by atoms with Gasteiger partial charge in [-0.3, -0.25) is 14.2 Å². The molecular formula is C72H124NO8P. The summed E-state index contributed by atoms with van der Waals surface area (Å²) in [6, 6.07) is 0. The van der Waals surface area contributed by atoms with Gasteiger partial charge in [-0.05, 0) is 103 Å². The Morgan fingerprint density at radius 1 is 0.378 bits per heavy atom. The number of esters is 2. The summed E-state index contributed by atoms with van der Waals surface area (Å²) in [5, 5.41) is 0. The molecule has 0 saturated heterocycles. The third kappa shape index (κ3) is 65.6. The summed E-state index contributed by atoms with van der Waals surface area (Å²) in [4.78, 5) is 38.0. The van der Waals surface area contributed by atoms with Crippen molar-refractivity contribution in [2.75, 3.05) is 47.5 Å². The maximum atomic E-state index is 12.8. The lowest BCUT2D eigenvalue weighted by Gasteiger charge is -2.28. The fourth-order valence-electron chi connectivity index (χ4n) is 8.95. The summed E-state index contributed by atoms with van der Waals surface area (Å²) in [6.07, 6.45) is 88.5. The summed E-state index contributed by atoms with van der Waals surface area (Å²) in [6.45, 7) is 4.00. The highest BCUT2D eigenvalue weighted by Gasteiger charge is 2.22. The topological polar surface area (TPSA) is 111 Å². The van der Waals surface area contributed by atoms with E-state index in [0.717, 1.165) is 116 Å². The maximum Gasteiger partial charge on any atom is 0.306 e. The summed E-state index contributed by atoms with van der Waals surface area (Å²) >= 11 is 0. The third-order valence-corrected chi connectivity index (χ3v) is 14.9. The van der Waals surface area contributed by atoms with E-state index in [1.54, 1.807) is 0 Å². The van der Waals surface area contributed by atoms with Crippen molar-refractivity contribution in [3.8, 4) is 0 Å². The fourth-order valence-corrected chi connectivity index (χ4v) is 9.68. The normalized spacial score (nSPS) is 14.0. The van der Waals surface area contributed by atoms with Gasteiger partial charge in [0.15, 0.2) is 6.10 Å². The monoisotopic (exact) mass is 1160 g/mol. The van der Waals surface area contributed by atoms with E-state index in [4.69, 9.17) is 18.5 Å². The number of unbranched alkanes of at least 4 members (excludes halogenated alkanes) is 26. The molecule has 0 N–H and O–H groups in total. The summed E-state index contributed by atoms with van der Waals surface area (Å²) in [7, 11) is 1.15. The van der Waals surface area contributed by atoms with E-state index in [2.05, 4.69) is 135 Å². The predicted octanol–water partition coefficient (Wildman–Crippen LogP) is 20.9. The number of allylic oxidation sites excluding steroid dienone is 20. The molecule has 0 aromatic carbocycles. The molecule has 82 heavy (non-hydrogen) atoms. The van der Waals surface area contributed by atoms with Crippen LogP contribution in [0.3, 0.4) is 0 Å². The number of quaternary nitrogens is 1. The van der Waals surface area contributed by atoms with Crippen LogP contribution < -0.4 is 4.89 Å². The van der Waals surface area contributed by atoms with Crippen molar-refractivity contribution in [1.29, 1.82) is 0 Å². The SMILES string of the molecule is CC/C=C\C/C=C\C/C=C\C/C=C\C/C=C\CCCCCCCCCCCCCCCCCCCCCCCC(=O)OC(COC(=O)CCCCCCC/C=C\C/C=C\C/C=C\C/C=C\C/C=C\CC)COP(=O)([O-])OCC[N+](C)(C)C. The summed E-state index contributed by atoms with van der Waals surface area (Å²) < 4.78 is 34.2. The lowest BCUT2D eigenvalue weighted by Crippen LogP contribution is -2.37. The predicted molar refractivity (Wildman–Crippen MR) is 351 cm³/mol. The molecule has 0 fully saturated rings. The van der Waals surface area contributed by atoms with Crippen LogP contribution in [0.2, 0.25) is 0 Å². The molecule has 0 aliphatic rings. The molecule has 0 aromatic heterocycles. The number of carbonyl (C=O) groups is 2. The van der Waals surface area contributed by atoms with Crippen molar-refractivity contribution >= 4 is 19.8 Å². The smallest absolute Gasteiger partial charge is 0.306 e. The van der Waals surface area contributed by atoms with Gasteiger partial charge in [-0.1, -0.05) is 277 Å². The highest BCUT2D eigenvalue weighted by atomic mass is 31.2. The highest BCUT2D eigenvalue weighted by molar-refractivity contribution is 7.45. The molecule has 2 unspecified atom stereocenters. The first-order valence-corrected chi connectivity index (χ1v) is 34.7. The van der Waals surface area contributed by atoms with Gasteiger partial charge in [0.2, 0.25) is 0 Å². The first-order valence-electron chi connectivity index (χ1n) is 33.2. The number of hydrogen-bond donors (Lipinski definition) is 0. The molecule has 9 nitrogen and oxygen atoms in total. The van der Waals surface area contributed by atoms with E-state index in [1.165, 1.54) is 116 Å². The van der Waals surface area contributed by atoms with E-state index >= 15 is 0 Å². The zero-order valence-corrected chi connectivity index (χ0v) is 54.3. The molecule has 0 bridgehead atoms. The van der Waals surface area contributed by atoms with Crippen LogP contribution in [0.5, 0.6) is 0 Å². The van der Waals surface area contributed by atoms with Crippen molar-refractivity contribution < 1.29 is 42.1 Å². The zero-order valence-electron chi connectivity index (χ0n) is 53.4. The molecule has 470 valence electrons. The second-order valence-corrected chi connectivity index (χ2v) is 24.5. The van der Waals surface area contributed by atoms with Crippen LogP contribution in [-0.4, -0.2) is 70.0 Å². The Morgan fingerprint density at radius 2 is 0.659 bits per heavy atom. The molecular weight excluding hydrogens is 1040 g/mol. The Balaban J connectivity index is 4.04. The molecule has 0 spiro atoms. The Bertz CT molecular complexity index is 1800. The molecule has 10 heteroatoms. The van der Waals surface area contributed by atoms with Crippen LogP contribution >= 0.6 is 7.82 Å². The van der Waals surface area contributed by atoms with Gasteiger partial charge in [-0.25, -0.2) is 0 Å². The molecule has 0 heterocycles. The van der Waals surface area contributed by atoms with E-state index in [1.807, 2.05) is 21.1 Å². The minimum absolute atomic E-state index is 0.0384. The van der Waals surface area contributed by atoms with Gasteiger partial charge in [0, 0.05) is 12.8 Å². The number of hydrogen-bond acceptors (Lipinski definition) is 8. The standard InChI is InChI=1S/C72H124NO8P/c1-6-8-10-12-14-16-18-20-22-24-26-28-29-30-31-32-33-34-35-36-37-38-39-40-41-42-43-45-47-49-51-53-55-57-59-61-63-65-72(75)81-70(69-80-82(76,77)79-67-66-73(3,4)5)68-78-71(74)64-62-60-58-56-54-52-50-48-46-44-27-25-23-21-19-17-15-13-11-9-7-2/h8-11,14-17,20-23,26-28,30-31,44,48,50,70H,6-7,12-13,18-19,24-25,29,32-43,45-47,49,51-69H2,1-5H3/b10-8-,11-9-,16-14-,17-15-,22-20-,23-21-,28-26-,31-30-,44-27-,50-48-. The molecule has 0 radical (unpaired) electrons. The number of phosphoric acid groups is 1. The van der Waals surface area contributed by atoms with Crippen molar-refractivity contribution in [2.24, 2.45) is 0 Å². The van der Waals surface area contributed by atoms with Crippen LogP contribution in [0.25, 0.3) is 0 Å². The van der Waals surface area contributed by atoms with E-state index in [0.29, 0.717) is 23.9 Å². The molecule has 0 aliphatic carbocycles. The van der Waals surface area contributed by atoms with Gasteiger partial charge in [-0.2, -0.15) is 0 Å². The quantitative estimate of drug-likeness (QED) is 0.0195. The van der Waals surface area contributed by atoms with Gasteiger partial charge >= 0.3 is 11.9 Å². The lowest BCUT2D eigenvalue weighted by atomic mass is 10.0. The fraction of sp³-hybridized carbons (Fsp3) is 0.694. The number of likely N-dealkylation sites (N-methyl/N-ethyl adjacent to an activating group) is 1. The van der Waals surface area contributed by atoms with Crippen molar-refractivity contribution in [1.82, 2.24) is 0 Å².